The maximum absolute atomic E-state index is 5.50. The van der Waals surface area contributed by atoms with Crippen LogP contribution in [0.15, 0.2) is 10.8 Å². The summed E-state index contributed by atoms with van der Waals surface area (Å²) in [5.41, 5.74) is 0.177. The van der Waals surface area contributed by atoms with Crippen molar-refractivity contribution in [1.82, 2.24) is 10.2 Å². The molecule has 0 atom stereocenters. The Bertz CT molecular complexity index is 252. The third-order valence-corrected chi connectivity index (χ3v) is 1.79. The van der Waals surface area contributed by atoms with Gasteiger partial charge in [0.2, 0.25) is 0 Å². The average Bonchev–Trinajstić information content (AvgIpc) is 2.29. The Labute approximate surface area is 80.6 Å². The average molecular weight is 233 g/mol. The van der Waals surface area contributed by atoms with Crippen LogP contribution in [0.3, 0.4) is 0 Å². The minimum atomic E-state index is 0.177. The molecule has 1 aromatic rings. The first kappa shape index (κ1) is 9.58. The molecule has 68 valence electrons. The van der Waals surface area contributed by atoms with Crippen LogP contribution in [-0.2, 0) is 0 Å². The fraction of sp³-hybridized carbons (Fsp3) is 0.625. The number of ether oxygens (including phenoxy) is 1. The van der Waals surface area contributed by atoms with Crippen molar-refractivity contribution in [3.8, 4) is 5.75 Å². The van der Waals surface area contributed by atoms with Crippen molar-refractivity contribution >= 4 is 15.9 Å². The molecule has 0 radical (unpaired) electrons. The van der Waals surface area contributed by atoms with E-state index in [0.717, 1.165) is 10.4 Å². The minimum Gasteiger partial charge on any atom is -0.489 e. The first-order valence-corrected chi connectivity index (χ1v) is 4.60. The third-order valence-electron chi connectivity index (χ3n) is 1.22. The van der Waals surface area contributed by atoms with Gasteiger partial charge in [0.1, 0.15) is 4.60 Å². The summed E-state index contributed by atoms with van der Waals surface area (Å²) >= 11 is 3.29. The molecule has 0 amide bonds. The lowest BCUT2D eigenvalue weighted by Crippen LogP contribution is -2.16. The van der Waals surface area contributed by atoms with Crippen molar-refractivity contribution in [3.05, 3.63) is 10.8 Å². The number of hydrogen-bond donors (Lipinski definition) is 1. The van der Waals surface area contributed by atoms with Crippen molar-refractivity contribution in [2.24, 2.45) is 5.41 Å². The summed E-state index contributed by atoms with van der Waals surface area (Å²) in [4.78, 5) is 0. The molecule has 0 fully saturated rings. The van der Waals surface area contributed by atoms with Crippen molar-refractivity contribution < 1.29 is 4.74 Å². The van der Waals surface area contributed by atoms with Gasteiger partial charge in [-0.05, 0) is 21.3 Å². The summed E-state index contributed by atoms with van der Waals surface area (Å²) in [7, 11) is 0. The standard InChI is InChI=1S/C8H13BrN2O/c1-8(2,3)5-12-6-4-10-11-7(6)9/h4H,5H2,1-3H3,(H,10,11). The third kappa shape index (κ3) is 2.85. The van der Waals surface area contributed by atoms with E-state index in [2.05, 4.69) is 46.9 Å². The van der Waals surface area contributed by atoms with Gasteiger partial charge in [-0.25, -0.2) is 0 Å². The maximum Gasteiger partial charge on any atom is 0.171 e. The number of rotatable bonds is 2. The molecule has 1 N–H and O–H groups in total. The van der Waals surface area contributed by atoms with Gasteiger partial charge in [0.15, 0.2) is 5.75 Å². The molecule has 0 saturated heterocycles. The molecular formula is C8H13BrN2O. The van der Waals surface area contributed by atoms with Gasteiger partial charge < -0.3 is 4.74 Å². The molecule has 0 aliphatic heterocycles. The van der Waals surface area contributed by atoms with Gasteiger partial charge in [-0.1, -0.05) is 20.8 Å². The second-order valence-corrected chi connectivity index (χ2v) is 4.69. The molecule has 0 aliphatic carbocycles. The van der Waals surface area contributed by atoms with Crippen molar-refractivity contribution in [2.75, 3.05) is 6.61 Å². The van der Waals surface area contributed by atoms with Crippen molar-refractivity contribution in [1.29, 1.82) is 0 Å². The van der Waals surface area contributed by atoms with Gasteiger partial charge in [-0.2, -0.15) is 5.10 Å². The van der Waals surface area contributed by atoms with Gasteiger partial charge >= 0.3 is 0 Å². The number of hydrogen-bond acceptors (Lipinski definition) is 2. The van der Waals surface area contributed by atoms with Crippen LogP contribution in [0.2, 0.25) is 0 Å². The molecular weight excluding hydrogens is 220 g/mol. The number of aromatic nitrogens is 2. The molecule has 1 heterocycles. The molecule has 3 nitrogen and oxygen atoms in total. The van der Waals surface area contributed by atoms with Crippen LogP contribution in [-0.4, -0.2) is 16.8 Å². The topological polar surface area (TPSA) is 37.9 Å². The second-order valence-electron chi connectivity index (χ2n) is 3.90. The second kappa shape index (κ2) is 3.47. The van der Waals surface area contributed by atoms with E-state index >= 15 is 0 Å². The lowest BCUT2D eigenvalue weighted by atomic mass is 9.99. The van der Waals surface area contributed by atoms with Gasteiger partial charge in [-0.15, -0.1) is 0 Å². The number of nitrogens with one attached hydrogen (secondary N) is 1. The van der Waals surface area contributed by atoms with Gasteiger partial charge in [0.05, 0.1) is 12.8 Å². The summed E-state index contributed by atoms with van der Waals surface area (Å²) < 4.78 is 6.30. The van der Waals surface area contributed by atoms with Crippen LogP contribution in [0.5, 0.6) is 5.75 Å². The molecule has 0 bridgehead atoms. The normalized spacial score (nSPS) is 11.7. The molecule has 0 saturated carbocycles. The molecule has 0 aromatic carbocycles. The highest BCUT2D eigenvalue weighted by molar-refractivity contribution is 9.10. The first-order chi connectivity index (χ1) is 5.49. The van der Waals surface area contributed by atoms with Crippen molar-refractivity contribution in [2.45, 2.75) is 20.8 Å². The summed E-state index contributed by atoms with van der Waals surface area (Å²) in [6.45, 7) is 7.06. The van der Waals surface area contributed by atoms with E-state index in [4.69, 9.17) is 4.74 Å². The summed E-state index contributed by atoms with van der Waals surface area (Å²) in [6.07, 6.45) is 1.66. The molecule has 1 rings (SSSR count). The predicted molar refractivity (Wildman–Crippen MR) is 51.2 cm³/mol. The lowest BCUT2D eigenvalue weighted by Gasteiger charge is -2.17. The van der Waals surface area contributed by atoms with E-state index in [9.17, 15) is 0 Å². The first-order valence-electron chi connectivity index (χ1n) is 3.81. The minimum absolute atomic E-state index is 0.177. The van der Waals surface area contributed by atoms with Gasteiger partial charge in [-0.3, -0.25) is 5.10 Å². The predicted octanol–water partition coefficient (Wildman–Crippen LogP) is 2.60. The highest BCUT2D eigenvalue weighted by Gasteiger charge is 2.12. The van der Waals surface area contributed by atoms with Crippen LogP contribution in [0.1, 0.15) is 20.8 Å². The summed E-state index contributed by atoms with van der Waals surface area (Å²) in [5, 5.41) is 6.57. The van der Waals surface area contributed by atoms with E-state index in [1.807, 2.05) is 0 Å². The highest BCUT2D eigenvalue weighted by Crippen LogP contribution is 2.23. The van der Waals surface area contributed by atoms with Gasteiger partial charge in [0, 0.05) is 0 Å². The quantitative estimate of drug-likeness (QED) is 0.852. The molecule has 12 heavy (non-hydrogen) atoms. The smallest absolute Gasteiger partial charge is 0.171 e. The SMILES string of the molecule is CC(C)(C)COc1cn[nH]c1Br. The van der Waals surface area contributed by atoms with Crippen LogP contribution < -0.4 is 4.74 Å². The van der Waals surface area contributed by atoms with E-state index in [1.54, 1.807) is 6.20 Å². The molecule has 0 spiro atoms. The van der Waals surface area contributed by atoms with E-state index in [1.165, 1.54) is 0 Å². The molecule has 4 heteroatoms. The van der Waals surface area contributed by atoms with Crippen LogP contribution >= 0.6 is 15.9 Å². The van der Waals surface area contributed by atoms with Gasteiger partial charge in [0.25, 0.3) is 0 Å². The number of H-pyrrole nitrogens is 1. The summed E-state index contributed by atoms with van der Waals surface area (Å²) in [6, 6.07) is 0. The zero-order valence-electron chi connectivity index (χ0n) is 7.52. The number of nitrogens with zero attached hydrogens (tertiary/aromatic N) is 1. The summed E-state index contributed by atoms with van der Waals surface area (Å²) in [5.74, 6) is 0.768. The fourth-order valence-corrected chi connectivity index (χ4v) is 0.973. The Morgan fingerprint density at radius 2 is 2.25 bits per heavy atom. The maximum atomic E-state index is 5.50. The Morgan fingerprint density at radius 1 is 1.58 bits per heavy atom. The fourth-order valence-electron chi connectivity index (χ4n) is 0.654. The lowest BCUT2D eigenvalue weighted by molar-refractivity contribution is 0.197. The van der Waals surface area contributed by atoms with E-state index < -0.39 is 0 Å². The highest BCUT2D eigenvalue weighted by atomic mass is 79.9. The largest absolute Gasteiger partial charge is 0.489 e. The monoisotopic (exact) mass is 232 g/mol. The molecule has 1 aromatic heterocycles. The van der Waals surface area contributed by atoms with E-state index in [0.29, 0.717) is 6.61 Å². The van der Waals surface area contributed by atoms with Crippen LogP contribution in [0.25, 0.3) is 0 Å². The van der Waals surface area contributed by atoms with Crippen molar-refractivity contribution in [3.63, 3.8) is 0 Å². The Balaban J connectivity index is 2.49. The number of aromatic amines is 1. The van der Waals surface area contributed by atoms with Crippen LogP contribution in [0.4, 0.5) is 0 Å². The zero-order chi connectivity index (χ0) is 9.19. The number of halogens is 1. The zero-order valence-corrected chi connectivity index (χ0v) is 9.10. The molecule has 0 unspecified atom stereocenters. The Hall–Kier alpha value is -0.510. The van der Waals surface area contributed by atoms with E-state index in [-0.39, 0.29) is 5.41 Å². The Kier molecular flexibility index (Phi) is 2.77. The Morgan fingerprint density at radius 3 is 2.67 bits per heavy atom. The molecule has 0 aliphatic rings. The van der Waals surface area contributed by atoms with Crippen LogP contribution in [0, 0.1) is 5.41 Å².